The Balaban J connectivity index is 2.28. The minimum atomic E-state index is -0.159. The maximum absolute atomic E-state index is 12.2. The monoisotopic (exact) mass is 248 g/mol. The smallest absolute Gasteiger partial charge is 0.256 e. The first kappa shape index (κ1) is 12.3. The lowest BCUT2D eigenvalue weighted by Gasteiger charge is -2.18. The summed E-state index contributed by atoms with van der Waals surface area (Å²) in [5.41, 5.74) is 7.57. The summed E-state index contributed by atoms with van der Waals surface area (Å²) >= 11 is 0. The highest BCUT2D eigenvalue weighted by molar-refractivity contribution is 6.00. The SMILES string of the molecule is C=C(C)CN(C)C(=O)c1cc2c(cc1N)OCO2. The summed E-state index contributed by atoms with van der Waals surface area (Å²) in [6.45, 7) is 6.30. The van der Waals surface area contributed by atoms with E-state index in [-0.39, 0.29) is 12.7 Å². The number of hydrogen-bond donors (Lipinski definition) is 1. The molecular formula is C13H16N2O3. The van der Waals surface area contributed by atoms with Crippen LogP contribution in [0.3, 0.4) is 0 Å². The van der Waals surface area contributed by atoms with Crippen LogP contribution in [-0.2, 0) is 0 Å². The predicted octanol–water partition coefficient (Wildman–Crippen LogP) is 1.65. The second kappa shape index (κ2) is 4.60. The van der Waals surface area contributed by atoms with Crippen molar-refractivity contribution in [1.82, 2.24) is 4.90 Å². The van der Waals surface area contributed by atoms with Gasteiger partial charge in [0.25, 0.3) is 5.91 Å². The van der Waals surface area contributed by atoms with E-state index in [2.05, 4.69) is 6.58 Å². The van der Waals surface area contributed by atoms with Gasteiger partial charge < -0.3 is 20.1 Å². The van der Waals surface area contributed by atoms with Crippen molar-refractivity contribution in [2.75, 3.05) is 26.1 Å². The Morgan fingerprint density at radius 2 is 2.06 bits per heavy atom. The highest BCUT2D eigenvalue weighted by atomic mass is 16.7. The van der Waals surface area contributed by atoms with E-state index in [9.17, 15) is 4.79 Å². The highest BCUT2D eigenvalue weighted by Gasteiger charge is 2.21. The van der Waals surface area contributed by atoms with E-state index in [1.807, 2.05) is 6.92 Å². The average Bonchev–Trinajstić information content (AvgIpc) is 2.72. The molecule has 1 aromatic carbocycles. The number of amides is 1. The van der Waals surface area contributed by atoms with Crippen molar-refractivity contribution in [2.24, 2.45) is 0 Å². The lowest BCUT2D eigenvalue weighted by molar-refractivity contribution is 0.0807. The van der Waals surface area contributed by atoms with E-state index >= 15 is 0 Å². The standard InChI is InChI=1S/C13H16N2O3/c1-8(2)6-15(3)13(16)9-4-11-12(5-10(9)14)18-7-17-11/h4-5H,1,6-7,14H2,2-3H3. The zero-order valence-electron chi connectivity index (χ0n) is 10.5. The molecule has 2 rings (SSSR count). The van der Waals surface area contributed by atoms with Crippen molar-refractivity contribution in [3.8, 4) is 11.5 Å². The van der Waals surface area contributed by atoms with Gasteiger partial charge in [0.05, 0.1) is 5.56 Å². The van der Waals surface area contributed by atoms with Crippen LogP contribution in [0.4, 0.5) is 5.69 Å². The highest BCUT2D eigenvalue weighted by Crippen LogP contribution is 2.36. The molecule has 1 aliphatic heterocycles. The number of nitrogen functional groups attached to an aromatic ring is 1. The maximum Gasteiger partial charge on any atom is 0.256 e. The molecule has 5 heteroatoms. The summed E-state index contributed by atoms with van der Waals surface area (Å²) in [5.74, 6) is 0.969. The van der Waals surface area contributed by atoms with Gasteiger partial charge in [-0.3, -0.25) is 4.79 Å². The Bertz CT molecular complexity index is 511. The molecule has 18 heavy (non-hydrogen) atoms. The summed E-state index contributed by atoms with van der Waals surface area (Å²) in [7, 11) is 1.71. The number of likely N-dealkylation sites (N-methyl/N-ethyl adjacent to an activating group) is 1. The Labute approximate surface area is 106 Å². The molecule has 0 saturated carbocycles. The van der Waals surface area contributed by atoms with E-state index < -0.39 is 0 Å². The van der Waals surface area contributed by atoms with Gasteiger partial charge in [-0.25, -0.2) is 0 Å². The van der Waals surface area contributed by atoms with E-state index in [4.69, 9.17) is 15.2 Å². The zero-order chi connectivity index (χ0) is 13.3. The van der Waals surface area contributed by atoms with E-state index in [0.29, 0.717) is 29.3 Å². The second-order valence-corrected chi connectivity index (χ2v) is 4.41. The molecule has 5 nitrogen and oxygen atoms in total. The first-order chi connectivity index (χ1) is 8.49. The molecule has 0 unspecified atom stereocenters. The number of rotatable bonds is 3. The molecule has 0 radical (unpaired) electrons. The topological polar surface area (TPSA) is 64.8 Å². The van der Waals surface area contributed by atoms with Crippen molar-refractivity contribution < 1.29 is 14.3 Å². The molecule has 1 heterocycles. The number of nitrogens with two attached hydrogens (primary N) is 1. The molecular weight excluding hydrogens is 232 g/mol. The molecule has 2 N–H and O–H groups in total. The Kier molecular flexibility index (Phi) is 3.14. The fourth-order valence-corrected chi connectivity index (χ4v) is 1.83. The summed E-state index contributed by atoms with van der Waals surface area (Å²) < 4.78 is 10.4. The minimum absolute atomic E-state index is 0.159. The van der Waals surface area contributed by atoms with Gasteiger partial charge >= 0.3 is 0 Å². The van der Waals surface area contributed by atoms with Crippen molar-refractivity contribution in [1.29, 1.82) is 0 Å². The number of ether oxygens (including phenoxy) is 2. The summed E-state index contributed by atoms with van der Waals surface area (Å²) in [5, 5.41) is 0. The largest absolute Gasteiger partial charge is 0.454 e. The summed E-state index contributed by atoms with van der Waals surface area (Å²) in [4.78, 5) is 13.8. The molecule has 0 fully saturated rings. The number of carbonyl (C=O) groups excluding carboxylic acids is 1. The van der Waals surface area contributed by atoms with Crippen LogP contribution in [0.2, 0.25) is 0 Å². The van der Waals surface area contributed by atoms with Crippen LogP contribution in [0.1, 0.15) is 17.3 Å². The molecule has 1 amide bonds. The third-order valence-corrected chi connectivity index (χ3v) is 2.63. The van der Waals surface area contributed by atoms with Gasteiger partial charge in [0.1, 0.15) is 0 Å². The van der Waals surface area contributed by atoms with E-state index in [0.717, 1.165) is 5.57 Å². The van der Waals surface area contributed by atoms with Crippen LogP contribution in [0, 0.1) is 0 Å². The zero-order valence-corrected chi connectivity index (χ0v) is 10.5. The number of nitrogens with zero attached hydrogens (tertiary/aromatic N) is 1. The Morgan fingerprint density at radius 3 is 2.67 bits per heavy atom. The van der Waals surface area contributed by atoms with Gasteiger partial charge in [0.2, 0.25) is 6.79 Å². The van der Waals surface area contributed by atoms with Crippen LogP contribution < -0.4 is 15.2 Å². The maximum atomic E-state index is 12.2. The lowest BCUT2D eigenvalue weighted by atomic mass is 10.1. The second-order valence-electron chi connectivity index (χ2n) is 4.41. The van der Waals surface area contributed by atoms with Crippen molar-refractivity contribution >= 4 is 11.6 Å². The third kappa shape index (κ3) is 2.25. The number of hydrogen-bond acceptors (Lipinski definition) is 4. The fraction of sp³-hybridized carbons (Fsp3) is 0.308. The van der Waals surface area contributed by atoms with Gasteiger partial charge in [-0.2, -0.15) is 0 Å². The van der Waals surface area contributed by atoms with Gasteiger partial charge in [0, 0.05) is 25.3 Å². The quantitative estimate of drug-likeness (QED) is 0.652. The summed E-state index contributed by atoms with van der Waals surface area (Å²) in [6.07, 6.45) is 0. The van der Waals surface area contributed by atoms with Crippen molar-refractivity contribution in [3.63, 3.8) is 0 Å². The van der Waals surface area contributed by atoms with Crippen LogP contribution in [0.15, 0.2) is 24.3 Å². The Hall–Kier alpha value is -2.17. The molecule has 96 valence electrons. The normalized spacial score (nSPS) is 12.3. The van der Waals surface area contributed by atoms with Crippen LogP contribution in [-0.4, -0.2) is 31.2 Å². The van der Waals surface area contributed by atoms with Gasteiger partial charge in [0.15, 0.2) is 11.5 Å². The molecule has 0 saturated heterocycles. The molecule has 0 aliphatic carbocycles. The van der Waals surface area contributed by atoms with Crippen molar-refractivity contribution in [2.45, 2.75) is 6.92 Å². The van der Waals surface area contributed by atoms with Crippen LogP contribution in [0.5, 0.6) is 11.5 Å². The van der Waals surface area contributed by atoms with Gasteiger partial charge in [-0.05, 0) is 13.0 Å². The molecule has 0 bridgehead atoms. The van der Waals surface area contributed by atoms with Crippen molar-refractivity contribution in [3.05, 3.63) is 29.8 Å². The minimum Gasteiger partial charge on any atom is -0.454 e. The average molecular weight is 248 g/mol. The molecule has 0 spiro atoms. The van der Waals surface area contributed by atoms with Crippen LogP contribution in [0.25, 0.3) is 0 Å². The number of benzene rings is 1. The summed E-state index contributed by atoms with van der Waals surface area (Å²) in [6, 6.07) is 3.24. The van der Waals surface area contributed by atoms with Crippen LogP contribution >= 0.6 is 0 Å². The molecule has 1 aliphatic rings. The number of anilines is 1. The number of carbonyl (C=O) groups is 1. The third-order valence-electron chi connectivity index (χ3n) is 2.63. The van der Waals surface area contributed by atoms with E-state index in [1.54, 1.807) is 24.1 Å². The van der Waals surface area contributed by atoms with Gasteiger partial charge in [-0.15, -0.1) is 0 Å². The molecule has 0 aromatic heterocycles. The molecule has 1 aromatic rings. The first-order valence-electron chi connectivity index (χ1n) is 5.58. The fourth-order valence-electron chi connectivity index (χ4n) is 1.83. The Morgan fingerprint density at radius 1 is 1.44 bits per heavy atom. The lowest BCUT2D eigenvalue weighted by Crippen LogP contribution is -2.28. The predicted molar refractivity (Wildman–Crippen MR) is 68.8 cm³/mol. The molecule has 0 atom stereocenters. The van der Waals surface area contributed by atoms with Gasteiger partial charge in [-0.1, -0.05) is 12.2 Å². The van der Waals surface area contributed by atoms with E-state index in [1.165, 1.54) is 0 Å². The number of fused-ring (bicyclic) bond motifs is 1. The first-order valence-corrected chi connectivity index (χ1v) is 5.58.